The molecule has 1 N–H and O–H groups in total. The van der Waals surface area contributed by atoms with Crippen molar-refractivity contribution in [3.05, 3.63) is 58.6 Å². The monoisotopic (exact) mass is 295 g/mol. The normalized spacial score (nSPS) is 11.3. The molecule has 0 unspecified atom stereocenters. The van der Waals surface area contributed by atoms with E-state index in [4.69, 9.17) is 11.6 Å². The van der Waals surface area contributed by atoms with Crippen LogP contribution in [0.2, 0.25) is 5.02 Å². The lowest BCUT2D eigenvalue weighted by molar-refractivity contribution is 0.601. The molecule has 2 aromatic carbocycles. The number of hydrogen-bond donors (Lipinski definition) is 1. The fourth-order valence-corrected chi connectivity index (χ4v) is 3.11. The molecule has 0 fully saturated rings. The van der Waals surface area contributed by atoms with Crippen LogP contribution < -0.4 is 4.72 Å². The first-order valence-corrected chi connectivity index (χ1v) is 7.60. The van der Waals surface area contributed by atoms with Crippen molar-refractivity contribution < 1.29 is 8.42 Å². The number of benzene rings is 2. The minimum atomic E-state index is -3.61. The number of halogens is 1. The van der Waals surface area contributed by atoms with Gasteiger partial charge in [-0.3, -0.25) is 4.72 Å². The summed E-state index contributed by atoms with van der Waals surface area (Å²) in [4.78, 5) is 0.154. The molecule has 3 nitrogen and oxygen atoms in total. The van der Waals surface area contributed by atoms with E-state index >= 15 is 0 Å². The van der Waals surface area contributed by atoms with Crippen molar-refractivity contribution in [1.29, 1.82) is 0 Å². The van der Waals surface area contributed by atoms with E-state index in [2.05, 4.69) is 4.72 Å². The van der Waals surface area contributed by atoms with E-state index < -0.39 is 10.0 Å². The number of nitrogens with one attached hydrogen (secondary N) is 1. The lowest BCUT2D eigenvalue weighted by atomic mass is 10.1. The Kier molecular flexibility index (Phi) is 3.83. The molecule has 0 aromatic heterocycles. The van der Waals surface area contributed by atoms with Gasteiger partial charge in [-0.05, 0) is 49.2 Å². The second-order valence-corrected chi connectivity index (χ2v) is 6.50. The Morgan fingerprint density at radius 1 is 1.05 bits per heavy atom. The third kappa shape index (κ3) is 3.28. The Morgan fingerprint density at radius 3 is 2.47 bits per heavy atom. The maximum absolute atomic E-state index is 12.2. The molecule has 0 saturated heterocycles. The summed E-state index contributed by atoms with van der Waals surface area (Å²) in [7, 11) is -3.61. The van der Waals surface area contributed by atoms with Crippen LogP contribution in [0.25, 0.3) is 0 Å². The van der Waals surface area contributed by atoms with E-state index in [9.17, 15) is 8.42 Å². The third-order valence-corrected chi connectivity index (χ3v) is 4.34. The number of aryl methyl sites for hydroxylation is 2. The second kappa shape index (κ2) is 5.23. The highest BCUT2D eigenvalue weighted by Gasteiger charge is 2.15. The molecule has 2 aromatic rings. The van der Waals surface area contributed by atoms with Gasteiger partial charge in [-0.2, -0.15) is 0 Å². The SMILES string of the molecule is Cc1ccc(C)c(NS(=O)(=O)c2cccc(Cl)c2)c1. The van der Waals surface area contributed by atoms with Crippen LogP contribution in [-0.2, 0) is 10.0 Å². The van der Waals surface area contributed by atoms with Gasteiger partial charge in [0.1, 0.15) is 0 Å². The molecule has 0 bridgehead atoms. The van der Waals surface area contributed by atoms with Crippen molar-refractivity contribution in [2.45, 2.75) is 18.7 Å². The minimum Gasteiger partial charge on any atom is -0.279 e. The molecular weight excluding hydrogens is 282 g/mol. The standard InChI is InChI=1S/C14H14ClNO2S/c1-10-6-7-11(2)14(8-10)16-19(17,18)13-5-3-4-12(15)9-13/h3-9,16H,1-2H3. The summed E-state index contributed by atoms with van der Waals surface area (Å²) < 4.78 is 27.1. The van der Waals surface area contributed by atoms with Crippen LogP contribution in [0.3, 0.4) is 0 Å². The Bertz CT molecular complexity index is 711. The van der Waals surface area contributed by atoms with Crippen LogP contribution in [0.1, 0.15) is 11.1 Å². The highest BCUT2D eigenvalue weighted by molar-refractivity contribution is 7.92. The van der Waals surface area contributed by atoms with Crippen LogP contribution in [0.4, 0.5) is 5.69 Å². The van der Waals surface area contributed by atoms with Gasteiger partial charge in [0, 0.05) is 5.02 Å². The van der Waals surface area contributed by atoms with Gasteiger partial charge >= 0.3 is 0 Å². The highest BCUT2D eigenvalue weighted by atomic mass is 35.5. The predicted octanol–water partition coefficient (Wildman–Crippen LogP) is 3.76. The van der Waals surface area contributed by atoms with Crippen molar-refractivity contribution in [3.63, 3.8) is 0 Å². The van der Waals surface area contributed by atoms with E-state index in [1.54, 1.807) is 18.2 Å². The largest absolute Gasteiger partial charge is 0.279 e. The number of sulfonamides is 1. The van der Waals surface area contributed by atoms with Gasteiger partial charge in [0.05, 0.1) is 10.6 Å². The quantitative estimate of drug-likeness (QED) is 0.937. The first kappa shape index (κ1) is 13.9. The van der Waals surface area contributed by atoms with Crippen molar-refractivity contribution >= 4 is 27.3 Å². The van der Waals surface area contributed by atoms with Gasteiger partial charge in [0.15, 0.2) is 0 Å². The van der Waals surface area contributed by atoms with E-state index in [1.165, 1.54) is 12.1 Å². The van der Waals surface area contributed by atoms with Crippen LogP contribution in [-0.4, -0.2) is 8.42 Å². The molecule has 0 spiro atoms. The maximum Gasteiger partial charge on any atom is 0.261 e. The smallest absolute Gasteiger partial charge is 0.261 e. The molecule has 0 aliphatic heterocycles. The molecule has 0 amide bonds. The van der Waals surface area contributed by atoms with Gasteiger partial charge < -0.3 is 0 Å². The fourth-order valence-electron chi connectivity index (χ4n) is 1.68. The van der Waals surface area contributed by atoms with Crippen LogP contribution >= 0.6 is 11.6 Å². The summed E-state index contributed by atoms with van der Waals surface area (Å²) in [6.45, 7) is 3.77. The summed E-state index contributed by atoms with van der Waals surface area (Å²) in [6.07, 6.45) is 0. The first-order chi connectivity index (χ1) is 8.88. The molecular formula is C14H14ClNO2S. The van der Waals surface area contributed by atoms with E-state index in [1.807, 2.05) is 26.0 Å². The van der Waals surface area contributed by atoms with Gasteiger partial charge in [-0.15, -0.1) is 0 Å². The van der Waals surface area contributed by atoms with Crippen molar-refractivity contribution in [3.8, 4) is 0 Å². The van der Waals surface area contributed by atoms with Crippen LogP contribution in [0.15, 0.2) is 47.4 Å². The van der Waals surface area contributed by atoms with Crippen molar-refractivity contribution in [1.82, 2.24) is 0 Å². The maximum atomic E-state index is 12.2. The summed E-state index contributed by atoms with van der Waals surface area (Å²) in [5, 5.41) is 0.392. The zero-order chi connectivity index (χ0) is 14.0. The fraction of sp³-hybridized carbons (Fsp3) is 0.143. The van der Waals surface area contributed by atoms with Crippen LogP contribution in [0.5, 0.6) is 0 Å². The molecule has 100 valence electrons. The Balaban J connectivity index is 2.39. The summed E-state index contributed by atoms with van der Waals surface area (Å²) in [6, 6.07) is 11.8. The number of rotatable bonds is 3. The van der Waals surface area contributed by atoms with Crippen LogP contribution in [0, 0.1) is 13.8 Å². The molecule has 0 radical (unpaired) electrons. The molecule has 0 saturated carbocycles. The Labute approximate surface area is 118 Å². The predicted molar refractivity (Wildman–Crippen MR) is 78.2 cm³/mol. The highest BCUT2D eigenvalue weighted by Crippen LogP contribution is 2.22. The zero-order valence-electron chi connectivity index (χ0n) is 10.6. The first-order valence-electron chi connectivity index (χ1n) is 5.74. The molecule has 2 rings (SSSR count). The Morgan fingerprint density at radius 2 is 1.79 bits per heavy atom. The topological polar surface area (TPSA) is 46.2 Å². The summed E-state index contributed by atoms with van der Waals surface area (Å²) >= 11 is 5.82. The number of anilines is 1. The molecule has 0 aliphatic carbocycles. The second-order valence-electron chi connectivity index (χ2n) is 4.38. The lowest BCUT2D eigenvalue weighted by Gasteiger charge is -2.11. The molecule has 5 heteroatoms. The molecule has 0 atom stereocenters. The average Bonchev–Trinajstić information content (AvgIpc) is 2.33. The Hall–Kier alpha value is -1.52. The van der Waals surface area contributed by atoms with Gasteiger partial charge in [-0.1, -0.05) is 29.8 Å². The van der Waals surface area contributed by atoms with Gasteiger partial charge in [-0.25, -0.2) is 8.42 Å². The number of hydrogen-bond acceptors (Lipinski definition) is 2. The van der Waals surface area contributed by atoms with E-state index in [-0.39, 0.29) is 4.90 Å². The van der Waals surface area contributed by atoms with Gasteiger partial charge in [0.2, 0.25) is 0 Å². The summed E-state index contributed by atoms with van der Waals surface area (Å²) in [5.41, 5.74) is 2.45. The zero-order valence-corrected chi connectivity index (χ0v) is 12.2. The minimum absolute atomic E-state index is 0.154. The van der Waals surface area contributed by atoms with E-state index in [0.717, 1.165) is 11.1 Å². The van der Waals surface area contributed by atoms with Crippen molar-refractivity contribution in [2.24, 2.45) is 0 Å². The summed E-state index contributed by atoms with van der Waals surface area (Å²) in [5.74, 6) is 0. The molecule has 0 aliphatic rings. The average molecular weight is 296 g/mol. The van der Waals surface area contributed by atoms with E-state index in [0.29, 0.717) is 10.7 Å². The molecule has 19 heavy (non-hydrogen) atoms. The van der Waals surface area contributed by atoms with Gasteiger partial charge in [0.25, 0.3) is 10.0 Å². The lowest BCUT2D eigenvalue weighted by Crippen LogP contribution is -2.13. The third-order valence-electron chi connectivity index (χ3n) is 2.74. The molecule has 0 heterocycles. The van der Waals surface area contributed by atoms with Crippen molar-refractivity contribution in [2.75, 3.05) is 4.72 Å².